The van der Waals surface area contributed by atoms with E-state index < -0.39 is 0 Å². The molecule has 5 heteroatoms. The number of carbonyl (C=O) groups excluding carboxylic acids is 1. The number of nitrogens with one attached hydrogen (secondary N) is 1. The first-order chi connectivity index (χ1) is 14.7. The molecule has 0 spiro atoms. The van der Waals surface area contributed by atoms with Crippen LogP contribution in [0, 0.1) is 0 Å². The van der Waals surface area contributed by atoms with E-state index in [9.17, 15) is 4.79 Å². The van der Waals surface area contributed by atoms with Gasteiger partial charge in [0.2, 0.25) is 0 Å². The van der Waals surface area contributed by atoms with E-state index in [0.29, 0.717) is 13.2 Å². The van der Waals surface area contributed by atoms with E-state index in [-0.39, 0.29) is 11.9 Å². The standard InChI is InChI=1S/C25H26N2O3/c1-26(16-19-12-14-21(29-2)15-13-19)17-25(28)27-22-10-6-7-11-24(22)30-18-23(27)20-8-4-3-5-9-20/h3-15,23H,16-18H2,1-2H3/p+1/t23-/m1/s1. The van der Waals surface area contributed by atoms with E-state index in [2.05, 4.69) is 12.1 Å². The zero-order chi connectivity index (χ0) is 20.9. The molecule has 0 aromatic heterocycles. The number of fused-ring (bicyclic) bond motifs is 1. The molecule has 0 aliphatic carbocycles. The van der Waals surface area contributed by atoms with Gasteiger partial charge < -0.3 is 14.4 Å². The minimum absolute atomic E-state index is 0.0885. The number of amides is 1. The number of carbonyl (C=O) groups is 1. The third-order valence-corrected chi connectivity index (χ3v) is 5.40. The largest absolute Gasteiger partial charge is 0.497 e. The molecule has 1 aliphatic heterocycles. The molecule has 1 aliphatic rings. The molecule has 0 bridgehead atoms. The fourth-order valence-electron chi connectivity index (χ4n) is 3.92. The molecule has 5 nitrogen and oxygen atoms in total. The summed E-state index contributed by atoms with van der Waals surface area (Å²) in [6, 6.07) is 25.7. The fraction of sp³-hybridized carbons (Fsp3) is 0.240. The summed E-state index contributed by atoms with van der Waals surface area (Å²) in [7, 11) is 3.71. The highest BCUT2D eigenvalue weighted by Crippen LogP contribution is 2.39. The van der Waals surface area contributed by atoms with E-state index in [0.717, 1.165) is 34.2 Å². The minimum Gasteiger partial charge on any atom is -0.497 e. The van der Waals surface area contributed by atoms with Crippen molar-refractivity contribution in [3.05, 3.63) is 90.0 Å². The van der Waals surface area contributed by atoms with E-state index in [1.807, 2.05) is 78.7 Å². The van der Waals surface area contributed by atoms with E-state index in [1.165, 1.54) is 5.56 Å². The normalized spacial score (nSPS) is 16.3. The molecule has 3 aromatic carbocycles. The average Bonchev–Trinajstić information content (AvgIpc) is 2.79. The Morgan fingerprint density at radius 2 is 1.73 bits per heavy atom. The van der Waals surface area contributed by atoms with Gasteiger partial charge in [-0.25, -0.2) is 0 Å². The Labute approximate surface area is 177 Å². The second-order valence-electron chi connectivity index (χ2n) is 7.63. The maximum Gasteiger partial charge on any atom is 0.282 e. The molecular formula is C25H27N2O3+. The highest BCUT2D eigenvalue weighted by molar-refractivity contribution is 5.96. The molecule has 4 rings (SSSR count). The van der Waals surface area contributed by atoms with Crippen molar-refractivity contribution >= 4 is 11.6 Å². The summed E-state index contributed by atoms with van der Waals surface area (Å²) in [5.41, 5.74) is 3.08. The van der Waals surface area contributed by atoms with Crippen LogP contribution >= 0.6 is 0 Å². The zero-order valence-corrected chi connectivity index (χ0v) is 17.4. The van der Waals surface area contributed by atoms with Crippen molar-refractivity contribution in [2.45, 2.75) is 12.6 Å². The van der Waals surface area contributed by atoms with Crippen molar-refractivity contribution in [2.24, 2.45) is 0 Å². The van der Waals surface area contributed by atoms with Crippen LogP contribution in [-0.2, 0) is 11.3 Å². The summed E-state index contributed by atoms with van der Waals surface area (Å²) >= 11 is 0. The highest BCUT2D eigenvalue weighted by atomic mass is 16.5. The number of anilines is 1. The Bertz CT molecular complexity index is 989. The smallest absolute Gasteiger partial charge is 0.282 e. The van der Waals surface area contributed by atoms with Crippen molar-refractivity contribution in [2.75, 3.05) is 32.2 Å². The van der Waals surface area contributed by atoms with Gasteiger partial charge in [-0.3, -0.25) is 9.69 Å². The summed E-state index contributed by atoms with van der Waals surface area (Å²) < 4.78 is 11.2. The van der Waals surface area contributed by atoms with Gasteiger partial charge in [0.05, 0.1) is 25.9 Å². The van der Waals surface area contributed by atoms with Gasteiger partial charge in [-0.05, 0) is 42.0 Å². The molecule has 0 fully saturated rings. The lowest BCUT2D eigenvalue weighted by Crippen LogP contribution is -3.09. The van der Waals surface area contributed by atoms with Crippen molar-refractivity contribution in [1.82, 2.24) is 0 Å². The Kier molecular flexibility index (Phi) is 6.00. The zero-order valence-electron chi connectivity index (χ0n) is 17.4. The van der Waals surface area contributed by atoms with Crippen LogP contribution in [0.25, 0.3) is 0 Å². The molecule has 30 heavy (non-hydrogen) atoms. The monoisotopic (exact) mass is 403 g/mol. The predicted octanol–water partition coefficient (Wildman–Crippen LogP) is 2.88. The lowest BCUT2D eigenvalue weighted by Gasteiger charge is -2.37. The Morgan fingerprint density at radius 3 is 2.47 bits per heavy atom. The average molecular weight is 404 g/mol. The van der Waals surface area contributed by atoms with E-state index >= 15 is 0 Å². The number of hydrogen-bond acceptors (Lipinski definition) is 3. The first-order valence-corrected chi connectivity index (χ1v) is 10.2. The molecule has 1 N–H and O–H groups in total. The van der Waals surface area contributed by atoms with Crippen LogP contribution < -0.4 is 19.3 Å². The number of para-hydroxylation sites is 2. The van der Waals surface area contributed by atoms with Gasteiger partial charge in [-0.1, -0.05) is 42.5 Å². The van der Waals surface area contributed by atoms with E-state index in [1.54, 1.807) is 7.11 Å². The van der Waals surface area contributed by atoms with Crippen molar-refractivity contribution in [3.8, 4) is 11.5 Å². The maximum absolute atomic E-state index is 13.5. The van der Waals surface area contributed by atoms with E-state index in [4.69, 9.17) is 9.47 Å². The molecule has 1 amide bonds. The Hall–Kier alpha value is -3.31. The molecule has 3 aromatic rings. The molecule has 1 unspecified atom stereocenters. The van der Waals surface area contributed by atoms with Gasteiger partial charge in [-0.15, -0.1) is 0 Å². The summed E-state index contributed by atoms with van der Waals surface area (Å²) in [5, 5.41) is 0. The second-order valence-corrected chi connectivity index (χ2v) is 7.63. The topological polar surface area (TPSA) is 43.2 Å². The third-order valence-electron chi connectivity index (χ3n) is 5.40. The third kappa shape index (κ3) is 4.31. The number of quaternary nitrogens is 1. The predicted molar refractivity (Wildman–Crippen MR) is 117 cm³/mol. The Morgan fingerprint density at radius 1 is 1.03 bits per heavy atom. The van der Waals surface area contributed by atoms with Crippen LogP contribution in [0.5, 0.6) is 11.5 Å². The van der Waals surface area contributed by atoms with Crippen LogP contribution in [0.4, 0.5) is 5.69 Å². The SMILES string of the molecule is COc1ccc(C[NH+](C)CC(=O)N2c3ccccc3OC[C@@H]2c2ccccc2)cc1. The molecule has 2 atom stereocenters. The van der Waals surface area contributed by atoms with Crippen molar-refractivity contribution < 1.29 is 19.2 Å². The van der Waals surface area contributed by atoms with Crippen LogP contribution in [0.15, 0.2) is 78.9 Å². The number of hydrogen-bond donors (Lipinski definition) is 1. The number of rotatable bonds is 6. The lowest BCUT2D eigenvalue weighted by molar-refractivity contribution is -0.885. The minimum atomic E-state index is -0.137. The van der Waals surface area contributed by atoms with Gasteiger partial charge in [0.15, 0.2) is 6.54 Å². The fourth-order valence-corrected chi connectivity index (χ4v) is 3.92. The number of ether oxygens (including phenoxy) is 2. The second kappa shape index (κ2) is 9.01. The van der Waals surface area contributed by atoms with Gasteiger partial charge in [0.25, 0.3) is 5.91 Å². The first kappa shape index (κ1) is 20.0. The van der Waals surface area contributed by atoms with Crippen LogP contribution in [0.1, 0.15) is 17.2 Å². The quantitative estimate of drug-likeness (QED) is 0.688. The number of methoxy groups -OCH3 is 1. The number of likely N-dealkylation sites (N-methyl/N-ethyl adjacent to an activating group) is 1. The molecule has 0 saturated heterocycles. The summed E-state index contributed by atoms with van der Waals surface area (Å²) in [6.07, 6.45) is 0. The summed E-state index contributed by atoms with van der Waals surface area (Å²) in [5.74, 6) is 1.68. The Balaban J connectivity index is 1.54. The van der Waals surface area contributed by atoms with Gasteiger partial charge in [-0.2, -0.15) is 0 Å². The number of nitrogens with zero attached hydrogens (tertiary/aromatic N) is 1. The van der Waals surface area contributed by atoms with Gasteiger partial charge in [0.1, 0.15) is 24.7 Å². The maximum atomic E-state index is 13.5. The lowest BCUT2D eigenvalue weighted by atomic mass is 10.0. The summed E-state index contributed by atoms with van der Waals surface area (Å²) in [4.78, 5) is 16.5. The summed E-state index contributed by atoms with van der Waals surface area (Å²) in [6.45, 7) is 1.60. The molecule has 1 heterocycles. The van der Waals surface area contributed by atoms with Crippen LogP contribution in [0.3, 0.4) is 0 Å². The number of benzene rings is 3. The van der Waals surface area contributed by atoms with Crippen molar-refractivity contribution in [1.29, 1.82) is 0 Å². The highest BCUT2D eigenvalue weighted by Gasteiger charge is 2.34. The van der Waals surface area contributed by atoms with Gasteiger partial charge in [0, 0.05) is 5.56 Å². The molecule has 154 valence electrons. The molecular weight excluding hydrogens is 376 g/mol. The van der Waals surface area contributed by atoms with Crippen LogP contribution in [-0.4, -0.2) is 33.2 Å². The first-order valence-electron chi connectivity index (χ1n) is 10.2. The van der Waals surface area contributed by atoms with Crippen molar-refractivity contribution in [3.63, 3.8) is 0 Å². The molecule has 0 saturated carbocycles. The van der Waals surface area contributed by atoms with Crippen LogP contribution in [0.2, 0.25) is 0 Å². The molecule has 0 radical (unpaired) electrons. The van der Waals surface area contributed by atoms with Gasteiger partial charge >= 0.3 is 0 Å².